The lowest BCUT2D eigenvalue weighted by atomic mass is 9.97. The molecule has 0 radical (unpaired) electrons. The van der Waals surface area contributed by atoms with Crippen molar-refractivity contribution in [3.8, 4) is 0 Å². The van der Waals surface area contributed by atoms with Crippen molar-refractivity contribution in [1.29, 1.82) is 0 Å². The fraction of sp³-hybridized carbons (Fsp3) is 0.143. The molecule has 0 saturated carbocycles. The Balaban J connectivity index is 1.78. The van der Waals surface area contributed by atoms with Gasteiger partial charge in [-0.25, -0.2) is 0 Å². The van der Waals surface area contributed by atoms with E-state index in [-0.39, 0.29) is 6.04 Å². The molecule has 1 atom stereocenters. The minimum atomic E-state index is 0.237. The molecular formula is C21H22N2. The third kappa shape index (κ3) is 4.21. The average molecular weight is 302 g/mol. The van der Waals surface area contributed by atoms with Crippen LogP contribution in [0.15, 0.2) is 84.9 Å². The van der Waals surface area contributed by atoms with Crippen LogP contribution < -0.4 is 11.1 Å². The second-order valence-electron chi connectivity index (χ2n) is 5.73. The summed E-state index contributed by atoms with van der Waals surface area (Å²) in [4.78, 5) is 0. The molecule has 0 aliphatic carbocycles. The smallest absolute Gasteiger partial charge is 0.0364 e. The van der Waals surface area contributed by atoms with Crippen LogP contribution in [0.4, 0.5) is 5.69 Å². The lowest BCUT2D eigenvalue weighted by molar-refractivity contribution is 0.531. The fourth-order valence-electron chi connectivity index (χ4n) is 2.77. The van der Waals surface area contributed by atoms with Gasteiger partial charge in [0.05, 0.1) is 0 Å². The fourth-order valence-corrected chi connectivity index (χ4v) is 2.77. The molecule has 2 nitrogen and oxygen atoms in total. The van der Waals surface area contributed by atoms with Crippen molar-refractivity contribution < 1.29 is 0 Å². The molecule has 0 spiro atoms. The molecule has 0 heterocycles. The van der Waals surface area contributed by atoms with Gasteiger partial charge in [0, 0.05) is 18.3 Å². The summed E-state index contributed by atoms with van der Waals surface area (Å²) in [7, 11) is 0. The maximum atomic E-state index is 6.13. The Morgan fingerprint density at radius 3 is 2.04 bits per heavy atom. The van der Waals surface area contributed by atoms with Crippen molar-refractivity contribution in [1.82, 2.24) is 5.32 Å². The van der Waals surface area contributed by atoms with Crippen molar-refractivity contribution in [2.75, 3.05) is 5.73 Å². The summed E-state index contributed by atoms with van der Waals surface area (Å²) < 4.78 is 0. The Bertz CT molecular complexity index is 723. The number of nitrogen functional groups attached to an aromatic ring is 1. The summed E-state index contributed by atoms with van der Waals surface area (Å²) >= 11 is 0. The molecule has 2 heteroatoms. The van der Waals surface area contributed by atoms with Gasteiger partial charge in [-0.1, -0.05) is 78.9 Å². The van der Waals surface area contributed by atoms with E-state index in [2.05, 4.69) is 66.0 Å². The number of anilines is 1. The highest BCUT2D eigenvalue weighted by atomic mass is 14.9. The first kappa shape index (κ1) is 15.3. The molecule has 0 amide bonds. The first-order chi connectivity index (χ1) is 11.3. The van der Waals surface area contributed by atoms with Gasteiger partial charge in [-0.15, -0.1) is 0 Å². The van der Waals surface area contributed by atoms with E-state index in [1.165, 1.54) is 16.7 Å². The predicted molar refractivity (Wildman–Crippen MR) is 97.0 cm³/mol. The predicted octanol–water partition coefficient (Wildman–Crippen LogP) is 4.34. The maximum absolute atomic E-state index is 6.13. The Labute approximate surface area is 138 Å². The molecule has 0 saturated heterocycles. The van der Waals surface area contributed by atoms with Gasteiger partial charge in [0.1, 0.15) is 0 Å². The average Bonchev–Trinajstić information content (AvgIpc) is 2.62. The topological polar surface area (TPSA) is 38.0 Å². The quantitative estimate of drug-likeness (QED) is 0.665. The molecule has 116 valence electrons. The zero-order chi connectivity index (χ0) is 15.9. The zero-order valence-electron chi connectivity index (χ0n) is 13.2. The third-order valence-electron chi connectivity index (χ3n) is 4.08. The minimum Gasteiger partial charge on any atom is -0.399 e. The monoisotopic (exact) mass is 302 g/mol. The molecule has 0 fully saturated rings. The summed E-state index contributed by atoms with van der Waals surface area (Å²) in [5, 5.41) is 3.67. The maximum Gasteiger partial charge on any atom is 0.0364 e. The van der Waals surface area contributed by atoms with Gasteiger partial charge in [-0.05, 0) is 29.2 Å². The van der Waals surface area contributed by atoms with E-state index in [0.29, 0.717) is 0 Å². The highest BCUT2D eigenvalue weighted by molar-refractivity contribution is 5.47. The lowest BCUT2D eigenvalue weighted by Gasteiger charge is -2.20. The van der Waals surface area contributed by atoms with Crippen molar-refractivity contribution in [2.45, 2.75) is 19.0 Å². The van der Waals surface area contributed by atoms with Crippen molar-refractivity contribution in [3.05, 3.63) is 102 Å². The Morgan fingerprint density at radius 1 is 0.739 bits per heavy atom. The van der Waals surface area contributed by atoms with Crippen LogP contribution >= 0.6 is 0 Å². The van der Waals surface area contributed by atoms with Crippen LogP contribution in [-0.4, -0.2) is 0 Å². The van der Waals surface area contributed by atoms with Crippen LogP contribution in [0, 0.1) is 0 Å². The van der Waals surface area contributed by atoms with Gasteiger partial charge in [0.15, 0.2) is 0 Å². The van der Waals surface area contributed by atoms with Crippen LogP contribution in [0.25, 0.3) is 0 Å². The van der Waals surface area contributed by atoms with Crippen molar-refractivity contribution >= 4 is 5.69 Å². The third-order valence-corrected chi connectivity index (χ3v) is 4.08. The molecule has 3 N–H and O–H groups in total. The number of hydrogen-bond donors (Lipinski definition) is 2. The zero-order valence-corrected chi connectivity index (χ0v) is 13.2. The Hall–Kier alpha value is -2.58. The molecule has 3 aromatic rings. The SMILES string of the molecule is Nc1ccccc1CC(NCc1ccccc1)c1ccccc1. The molecule has 23 heavy (non-hydrogen) atoms. The molecular weight excluding hydrogens is 280 g/mol. The van der Waals surface area contributed by atoms with E-state index < -0.39 is 0 Å². The highest BCUT2D eigenvalue weighted by Gasteiger charge is 2.13. The molecule has 1 unspecified atom stereocenters. The summed E-state index contributed by atoms with van der Waals surface area (Å²) in [6.45, 7) is 0.840. The number of hydrogen-bond acceptors (Lipinski definition) is 2. The van der Waals surface area contributed by atoms with E-state index in [1.54, 1.807) is 0 Å². The van der Waals surface area contributed by atoms with Gasteiger partial charge in [-0.3, -0.25) is 0 Å². The number of nitrogens with one attached hydrogen (secondary N) is 1. The first-order valence-corrected chi connectivity index (χ1v) is 7.98. The number of nitrogens with two attached hydrogens (primary N) is 1. The Kier molecular flexibility index (Phi) is 5.07. The molecule has 3 rings (SSSR count). The minimum absolute atomic E-state index is 0.237. The normalized spacial score (nSPS) is 12.0. The second kappa shape index (κ2) is 7.61. The first-order valence-electron chi connectivity index (χ1n) is 7.98. The van der Waals surface area contributed by atoms with E-state index >= 15 is 0 Å². The van der Waals surface area contributed by atoms with E-state index in [4.69, 9.17) is 5.73 Å². The van der Waals surface area contributed by atoms with Gasteiger partial charge in [-0.2, -0.15) is 0 Å². The van der Waals surface area contributed by atoms with Gasteiger partial charge in [0.25, 0.3) is 0 Å². The van der Waals surface area contributed by atoms with Crippen LogP contribution in [0.5, 0.6) is 0 Å². The van der Waals surface area contributed by atoms with E-state index in [1.807, 2.05) is 24.3 Å². The Morgan fingerprint density at radius 2 is 1.35 bits per heavy atom. The molecule has 3 aromatic carbocycles. The second-order valence-corrected chi connectivity index (χ2v) is 5.73. The van der Waals surface area contributed by atoms with Gasteiger partial charge >= 0.3 is 0 Å². The standard InChI is InChI=1S/C21H22N2/c22-20-14-8-7-13-19(20)15-21(18-11-5-2-6-12-18)23-16-17-9-3-1-4-10-17/h1-14,21,23H,15-16,22H2. The van der Waals surface area contributed by atoms with E-state index in [9.17, 15) is 0 Å². The van der Waals surface area contributed by atoms with Crippen molar-refractivity contribution in [2.24, 2.45) is 0 Å². The van der Waals surface area contributed by atoms with Crippen LogP contribution in [0.2, 0.25) is 0 Å². The van der Waals surface area contributed by atoms with Crippen LogP contribution in [-0.2, 0) is 13.0 Å². The number of rotatable bonds is 6. The van der Waals surface area contributed by atoms with Gasteiger partial charge < -0.3 is 11.1 Å². The van der Waals surface area contributed by atoms with Gasteiger partial charge in [0.2, 0.25) is 0 Å². The van der Waals surface area contributed by atoms with Crippen LogP contribution in [0.1, 0.15) is 22.7 Å². The molecule has 0 aliphatic rings. The van der Waals surface area contributed by atoms with E-state index in [0.717, 1.165) is 18.7 Å². The highest BCUT2D eigenvalue weighted by Crippen LogP contribution is 2.22. The molecule has 0 aliphatic heterocycles. The number of benzene rings is 3. The van der Waals surface area contributed by atoms with Crippen molar-refractivity contribution in [3.63, 3.8) is 0 Å². The summed E-state index contributed by atoms with van der Waals surface area (Å²) in [6, 6.07) is 29.4. The molecule has 0 aromatic heterocycles. The summed E-state index contributed by atoms with van der Waals surface area (Å²) in [5.74, 6) is 0. The molecule has 0 bridgehead atoms. The van der Waals surface area contributed by atoms with Crippen LogP contribution in [0.3, 0.4) is 0 Å². The summed E-state index contributed by atoms with van der Waals surface area (Å²) in [6.07, 6.45) is 0.878. The number of para-hydroxylation sites is 1. The lowest BCUT2D eigenvalue weighted by Crippen LogP contribution is -2.23. The largest absolute Gasteiger partial charge is 0.399 e. The summed E-state index contributed by atoms with van der Waals surface area (Å²) in [5.41, 5.74) is 10.7.